The van der Waals surface area contributed by atoms with Crippen molar-refractivity contribution in [1.29, 1.82) is 0 Å². The van der Waals surface area contributed by atoms with Gasteiger partial charge in [0.1, 0.15) is 5.41 Å². The number of nitro groups is 2. The third kappa shape index (κ3) is 2.47. The van der Waals surface area contributed by atoms with Gasteiger partial charge in [-0.1, -0.05) is 30.3 Å². The molecule has 6 nitrogen and oxygen atoms in total. The van der Waals surface area contributed by atoms with Crippen LogP contribution in [0.2, 0.25) is 0 Å². The van der Waals surface area contributed by atoms with Crippen LogP contribution < -0.4 is 0 Å². The van der Waals surface area contributed by atoms with Gasteiger partial charge in [0, 0.05) is 15.6 Å². The van der Waals surface area contributed by atoms with E-state index in [1.807, 2.05) is 30.3 Å². The van der Waals surface area contributed by atoms with Crippen LogP contribution in [0, 0.1) is 25.6 Å². The molecule has 1 aromatic carbocycles. The van der Waals surface area contributed by atoms with Crippen molar-refractivity contribution in [2.45, 2.75) is 42.2 Å². The lowest BCUT2D eigenvalue weighted by Gasteiger charge is -2.26. The highest BCUT2D eigenvalue weighted by atomic mass is 32.2. The van der Waals surface area contributed by atoms with Gasteiger partial charge in [0.2, 0.25) is 12.6 Å². The number of rotatable bonds is 6. The average Bonchev–Trinajstić information content (AvgIpc) is 2.96. The molecule has 1 aromatic rings. The van der Waals surface area contributed by atoms with Crippen LogP contribution in [0.15, 0.2) is 30.3 Å². The highest BCUT2D eigenvalue weighted by molar-refractivity contribution is 8.00. The second kappa shape index (κ2) is 5.53. The first-order chi connectivity index (χ1) is 10.5. The van der Waals surface area contributed by atoms with Gasteiger partial charge in [-0.25, -0.2) is 0 Å². The van der Waals surface area contributed by atoms with E-state index < -0.39 is 16.2 Å². The van der Waals surface area contributed by atoms with Gasteiger partial charge in [-0.2, -0.15) is 0 Å². The summed E-state index contributed by atoms with van der Waals surface area (Å²) in [7, 11) is 0. The Kier molecular flexibility index (Phi) is 3.84. The lowest BCUT2D eigenvalue weighted by Crippen LogP contribution is -2.44. The molecule has 118 valence electrons. The number of hydrogen-bond acceptors (Lipinski definition) is 5. The van der Waals surface area contributed by atoms with Crippen LogP contribution in [0.25, 0.3) is 0 Å². The summed E-state index contributed by atoms with van der Waals surface area (Å²) in [4.78, 5) is 22.0. The van der Waals surface area contributed by atoms with Crippen molar-refractivity contribution in [3.8, 4) is 0 Å². The SMILES string of the molecule is O=[N+]([O-])CC12CCC(SCc3ccccc3)(CC1)C2[N+](=O)[O-]. The normalized spacial score (nSPS) is 33.0. The van der Waals surface area contributed by atoms with Crippen molar-refractivity contribution in [1.82, 2.24) is 0 Å². The van der Waals surface area contributed by atoms with Crippen LogP contribution >= 0.6 is 11.8 Å². The topological polar surface area (TPSA) is 86.3 Å². The first kappa shape index (κ1) is 15.3. The van der Waals surface area contributed by atoms with E-state index in [0.29, 0.717) is 25.7 Å². The molecule has 0 saturated heterocycles. The molecule has 0 aromatic heterocycles. The van der Waals surface area contributed by atoms with Crippen molar-refractivity contribution in [3.05, 3.63) is 56.1 Å². The van der Waals surface area contributed by atoms with Gasteiger partial charge >= 0.3 is 0 Å². The van der Waals surface area contributed by atoms with Gasteiger partial charge in [0.15, 0.2) is 0 Å². The third-order valence-electron chi connectivity index (χ3n) is 5.19. The molecule has 1 atom stereocenters. The van der Waals surface area contributed by atoms with E-state index in [0.717, 1.165) is 11.3 Å². The molecule has 0 heterocycles. The first-order valence-electron chi connectivity index (χ1n) is 7.41. The Bertz CT molecular complexity index is 584. The van der Waals surface area contributed by atoms with Crippen molar-refractivity contribution in [2.75, 3.05) is 6.54 Å². The summed E-state index contributed by atoms with van der Waals surface area (Å²) in [6.45, 7) is -0.272. The summed E-state index contributed by atoms with van der Waals surface area (Å²) in [6.07, 6.45) is 2.62. The van der Waals surface area contributed by atoms with E-state index in [4.69, 9.17) is 0 Å². The number of hydrogen-bond donors (Lipinski definition) is 0. The molecule has 0 N–H and O–H groups in total. The summed E-state index contributed by atoms with van der Waals surface area (Å²) in [5, 5.41) is 22.6. The molecule has 22 heavy (non-hydrogen) atoms. The first-order valence-corrected chi connectivity index (χ1v) is 8.39. The molecule has 3 rings (SSSR count). The van der Waals surface area contributed by atoms with Crippen LogP contribution in [-0.2, 0) is 5.75 Å². The van der Waals surface area contributed by atoms with Gasteiger partial charge in [0.25, 0.3) is 0 Å². The van der Waals surface area contributed by atoms with Crippen LogP contribution in [0.5, 0.6) is 0 Å². The van der Waals surface area contributed by atoms with Gasteiger partial charge < -0.3 is 0 Å². The van der Waals surface area contributed by atoms with Crippen LogP contribution in [0.4, 0.5) is 0 Å². The summed E-state index contributed by atoms with van der Waals surface area (Å²) < 4.78 is -0.435. The van der Waals surface area contributed by atoms with Gasteiger partial charge in [-0.05, 0) is 31.2 Å². The smallest absolute Gasteiger partial charge is 0.239 e. The van der Waals surface area contributed by atoms with Gasteiger partial charge in [0.05, 0.1) is 4.75 Å². The Morgan fingerprint density at radius 1 is 1.09 bits per heavy atom. The molecule has 2 aliphatic rings. The summed E-state index contributed by atoms with van der Waals surface area (Å²) >= 11 is 1.62. The molecule has 0 amide bonds. The molecule has 0 aliphatic heterocycles. The highest BCUT2D eigenvalue weighted by Crippen LogP contribution is 2.63. The number of thioether (sulfide) groups is 1. The van der Waals surface area contributed by atoms with Gasteiger partial charge in [-0.15, -0.1) is 11.8 Å². The van der Waals surface area contributed by atoms with E-state index in [1.165, 1.54) is 0 Å². The van der Waals surface area contributed by atoms with Crippen molar-refractivity contribution < 1.29 is 9.85 Å². The van der Waals surface area contributed by atoms with Crippen LogP contribution in [0.3, 0.4) is 0 Å². The number of nitrogens with zero attached hydrogens (tertiary/aromatic N) is 2. The molecule has 2 fully saturated rings. The lowest BCUT2D eigenvalue weighted by molar-refractivity contribution is -0.563. The zero-order chi connectivity index (χ0) is 15.8. The van der Waals surface area contributed by atoms with Crippen LogP contribution in [-0.4, -0.2) is 27.2 Å². The molecule has 0 radical (unpaired) electrons. The van der Waals surface area contributed by atoms with Crippen molar-refractivity contribution in [2.24, 2.45) is 5.41 Å². The van der Waals surface area contributed by atoms with E-state index in [1.54, 1.807) is 11.8 Å². The van der Waals surface area contributed by atoms with E-state index >= 15 is 0 Å². The fourth-order valence-corrected chi connectivity index (χ4v) is 5.85. The minimum atomic E-state index is -0.792. The maximum absolute atomic E-state index is 11.6. The average molecular weight is 322 g/mol. The minimum Gasteiger partial charge on any atom is -0.265 e. The fourth-order valence-electron chi connectivity index (χ4n) is 4.22. The quantitative estimate of drug-likeness (QED) is 0.593. The molecule has 7 heteroatoms. The predicted molar refractivity (Wildman–Crippen MR) is 84.0 cm³/mol. The molecular formula is C15H18N2O4S. The van der Waals surface area contributed by atoms with Crippen molar-refractivity contribution >= 4 is 11.8 Å². The number of benzene rings is 1. The lowest BCUT2D eigenvalue weighted by atomic mass is 9.82. The van der Waals surface area contributed by atoms with E-state index in [2.05, 4.69) is 0 Å². The molecule has 2 aliphatic carbocycles. The molecule has 2 bridgehead atoms. The summed E-state index contributed by atoms with van der Waals surface area (Å²) in [6, 6.07) is 9.09. The maximum atomic E-state index is 11.6. The second-order valence-corrected chi connectivity index (χ2v) is 7.77. The predicted octanol–water partition coefficient (Wildman–Crippen LogP) is 3.15. The Morgan fingerprint density at radius 3 is 2.27 bits per heavy atom. The van der Waals surface area contributed by atoms with E-state index in [-0.39, 0.29) is 16.4 Å². The van der Waals surface area contributed by atoms with Crippen LogP contribution in [0.1, 0.15) is 31.2 Å². The Morgan fingerprint density at radius 2 is 1.73 bits per heavy atom. The van der Waals surface area contributed by atoms with E-state index in [9.17, 15) is 20.2 Å². The minimum absolute atomic E-state index is 0.249. The zero-order valence-corrected chi connectivity index (χ0v) is 13.0. The fraction of sp³-hybridized carbons (Fsp3) is 0.600. The monoisotopic (exact) mass is 322 g/mol. The highest BCUT2D eigenvalue weighted by Gasteiger charge is 2.71. The number of fused-ring (bicyclic) bond motifs is 2. The third-order valence-corrected chi connectivity index (χ3v) is 6.88. The molecule has 1 unspecified atom stereocenters. The standard InChI is InChI=1S/C15H18N2O4S/c18-16(19)11-14-6-8-15(9-7-14,13(14)17(20)21)22-10-12-4-2-1-3-5-12/h1-5,13H,6-11H2. The Hall–Kier alpha value is -1.63. The Balaban J connectivity index is 1.81. The Labute approximate surface area is 132 Å². The largest absolute Gasteiger partial charge is 0.265 e. The summed E-state index contributed by atoms with van der Waals surface area (Å²) in [5.74, 6) is 0.722. The second-order valence-electron chi connectivity index (χ2n) is 6.38. The molecule has 0 spiro atoms. The van der Waals surface area contributed by atoms with Gasteiger partial charge in [-0.3, -0.25) is 20.2 Å². The molecule has 2 saturated carbocycles. The molecular weight excluding hydrogens is 304 g/mol. The zero-order valence-electron chi connectivity index (χ0n) is 12.1. The maximum Gasteiger partial charge on any atom is 0.239 e. The van der Waals surface area contributed by atoms with Crippen molar-refractivity contribution in [3.63, 3.8) is 0 Å². The summed E-state index contributed by atoms with van der Waals surface area (Å²) in [5.41, 5.74) is 0.402.